The van der Waals surface area contributed by atoms with E-state index < -0.39 is 0 Å². The molecule has 1 aliphatic rings. The van der Waals surface area contributed by atoms with Gasteiger partial charge >= 0.3 is 70.1 Å². The molecule has 2 nitrogen and oxygen atoms in total. The fraction of sp³-hybridized carbons (Fsp3) is 0.286. The predicted octanol–water partition coefficient (Wildman–Crippen LogP) is -1.95. The Balaban J connectivity index is 2.43. The number of carbonyl (C=O) groups is 1. The molecule has 1 rings (SSSR count). The minimum atomic E-state index is -0.170. The van der Waals surface area contributed by atoms with Crippen molar-refractivity contribution in [3.05, 3.63) is 19.8 Å². The van der Waals surface area contributed by atoms with E-state index in [0.717, 1.165) is 3.58 Å². The van der Waals surface area contributed by atoms with Gasteiger partial charge in [0.1, 0.15) is 0 Å². The number of halogens is 1. The van der Waals surface area contributed by atoms with Crippen molar-refractivity contribution in [1.29, 1.82) is 0 Å². The van der Waals surface area contributed by atoms with Gasteiger partial charge in [-0.05, 0) is 0 Å². The fourth-order valence-corrected chi connectivity index (χ4v) is 2.20. The van der Waals surface area contributed by atoms with Gasteiger partial charge in [0.2, 0.25) is 0 Å². The number of hydrogen-bond donors (Lipinski definition) is 0. The molecule has 0 atom stereocenters. The van der Waals surface area contributed by atoms with E-state index in [0.29, 0.717) is 6.61 Å². The summed E-state index contributed by atoms with van der Waals surface area (Å²) < 4.78 is 7.71. The van der Waals surface area contributed by atoms with Gasteiger partial charge < -0.3 is 0 Å². The monoisotopic (exact) mass is 251 g/mol. The van der Waals surface area contributed by atoms with Crippen LogP contribution in [0.5, 0.6) is 0 Å². The molecule has 1 heterocycles. The number of rotatable bonds is 2. The van der Waals surface area contributed by atoms with Gasteiger partial charge in [-0.15, -0.1) is 0 Å². The molecule has 0 amide bonds. The average Bonchev–Trinajstić information content (AvgIpc) is 2.38. The van der Waals surface area contributed by atoms with Crippen LogP contribution in [-0.2, 0) is 9.53 Å². The van der Waals surface area contributed by atoms with Crippen molar-refractivity contribution < 1.29 is 30.7 Å². The molecule has 0 aromatic carbocycles. The summed E-state index contributed by atoms with van der Waals surface area (Å²) in [6.07, 6.45) is 3.75. The minimum absolute atomic E-state index is 0.139. The first-order valence-corrected chi connectivity index (χ1v) is 5.34. The molecule has 0 saturated carbocycles. The second kappa shape index (κ2) is 3.75. The predicted molar refractivity (Wildman–Crippen MR) is 33.9 cm³/mol. The standard InChI is InChI=1S/C7H8IO2/c1-2-10-7(9)6-4-3-5-8-6/h3-5H,2H2,1H3/q-1. The van der Waals surface area contributed by atoms with Gasteiger partial charge in [0.15, 0.2) is 0 Å². The molecule has 0 bridgehead atoms. The van der Waals surface area contributed by atoms with Crippen LogP contribution in [0.4, 0.5) is 0 Å². The second-order valence-corrected chi connectivity index (χ2v) is 4.17. The van der Waals surface area contributed by atoms with Crippen LogP contribution in [0.25, 0.3) is 0 Å². The molecular formula is C7H8IO2-. The van der Waals surface area contributed by atoms with E-state index in [1.807, 2.05) is 23.2 Å². The summed E-state index contributed by atoms with van der Waals surface area (Å²) in [5, 5.41) is 0. The number of hydrogen-bond acceptors (Lipinski definition) is 2. The Morgan fingerprint density at radius 1 is 1.80 bits per heavy atom. The first kappa shape index (κ1) is 7.78. The van der Waals surface area contributed by atoms with E-state index in [1.54, 1.807) is 0 Å². The van der Waals surface area contributed by atoms with Crippen LogP contribution in [0.1, 0.15) is 6.92 Å². The van der Waals surface area contributed by atoms with Crippen molar-refractivity contribution in [2.45, 2.75) is 6.92 Å². The molecule has 10 heavy (non-hydrogen) atoms. The van der Waals surface area contributed by atoms with E-state index >= 15 is 0 Å². The van der Waals surface area contributed by atoms with Gasteiger partial charge in [0.05, 0.1) is 0 Å². The molecule has 0 radical (unpaired) electrons. The van der Waals surface area contributed by atoms with Crippen molar-refractivity contribution in [3.8, 4) is 0 Å². The molecule has 0 aromatic rings. The van der Waals surface area contributed by atoms with E-state index in [4.69, 9.17) is 4.74 Å². The van der Waals surface area contributed by atoms with Crippen molar-refractivity contribution in [2.75, 3.05) is 6.61 Å². The molecule has 3 heteroatoms. The Morgan fingerprint density at radius 2 is 2.60 bits per heavy atom. The van der Waals surface area contributed by atoms with E-state index in [1.165, 1.54) is 0 Å². The number of allylic oxidation sites excluding steroid dienone is 2. The molecular weight excluding hydrogens is 243 g/mol. The van der Waals surface area contributed by atoms with Crippen LogP contribution in [-0.4, -0.2) is 12.6 Å². The van der Waals surface area contributed by atoms with Crippen LogP contribution in [0, 0.1) is 0 Å². The summed E-state index contributed by atoms with van der Waals surface area (Å²) in [5.41, 5.74) is 0. The van der Waals surface area contributed by atoms with Gasteiger partial charge in [-0.3, -0.25) is 0 Å². The Morgan fingerprint density at radius 3 is 3.10 bits per heavy atom. The summed E-state index contributed by atoms with van der Waals surface area (Å²) in [5.74, 6) is -0.139. The van der Waals surface area contributed by atoms with Crippen LogP contribution < -0.4 is 21.2 Å². The van der Waals surface area contributed by atoms with Gasteiger partial charge in [-0.2, -0.15) is 0 Å². The van der Waals surface area contributed by atoms with Gasteiger partial charge in [-0.25, -0.2) is 0 Å². The zero-order valence-electron chi connectivity index (χ0n) is 5.63. The van der Waals surface area contributed by atoms with Gasteiger partial charge in [0.25, 0.3) is 0 Å². The third-order valence-corrected chi connectivity index (χ3v) is 3.21. The molecule has 56 valence electrons. The van der Waals surface area contributed by atoms with Crippen molar-refractivity contribution in [2.24, 2.45) is 0 Å². The quantitative estimate of drug-likeness (QED) is 0.421. The van der Waals surface area contributed by atoms with E-state index in [9.17, 15) is 4.79 Å². The number of ether oxygens (including phenoxy) is 1. The molecule has 0 spiro atoms. The molecule has 0 aliphatic carbocycles. The molecule has 0 unspecified atom stereocenters. The first-order valence-electron chi connectivity index (χ1n) is 3.02. The van der Waals surface area contributed by atoms with Crippen molar-refractivity contribution in [1.82, 2.24) is 0 Å². The summed E-state index contributed by atoms with van der Waals surface area (Å²) >= 11 is -0.170. The van der Waals surface area contributed by atoms with Crippen molar-refractivity contribution in [3.63, 3.8) is 0 Å². The Hall–Kier alpha value is -0.320. The number of esters is 1. The molecule has 0 aromatic heterocycles. The van der Waals surface area contributed by atoms with E-state index in [-0.39, 0.29) is 27.2 Å². The summed E-state index contributed by atoms with van der Waals surface area (Å²) in [4.78, 5) is 10.9. The fourth-order valence-electron chi connectivity index (χ4n) is 0.574. The summed E-state index contributed by atoms with van der Waals surface area (Å²) in [7, 11) is 0. The Labute approximate surface area is 70.2 Å². The number of carbonyl (C=O) groups excluding carboxylic acids is 1. The SMILES string of the molecule is CCOC(=O)C1=CC=C[I-]1. The normalized spacial score (nSPS) is 15.9. The topological polar surface area (TPSA) is 26.3 Å². The Bertz CT molecular complexity index is 194. The first-order chi connectivity index (χ1) is 4.84. The zero-order valence-corrected chi connectivity index (χ0v) is 7.79. The third-order valence-electron chi connectivity index (χ3n) is 0.966. The maximum absolute atomic E-state index is 10.9. The van der Waals surface area contributed by atoms with Crippen molar-refractivity contribution >= 4 is 5.97 Å². The zero-order chi connectivity index (χ0) is 7.40. The third kappa shape index (κ3) is 1.83. The van der Waals surface area contributed by atoms with Crippen LogP contribution >= 0.6 is 0 Å². The molecule has 0 fully saturated rings. The molecule has 0 N–H and O–H groups in total. The van der Waals surface area contributed by atoms with Crippen LogP contribution in [0.15, 0.2) is 19.8 Å². The second-order valence-electron chi connectivity index (χ2n) is 1.66. The maximum atomic E-state index is 10.9. The van der Waals surface area contributed by atoms with Gasteiger partial charge in [-0.1, -0.05) is 0 Å². The summed E-state index contributed by atoms with van der Waals surface area (Å²) in [6, 6.07) is 0. The summed E-state index contributed by atoms with van der Waals surface area (Å²) in [6.45, 7) is 2.29. The van der Waals surface area contributed by atoms with Crippen LogP contribution in [0.2, 0.25) is 0 Å². The van der Waals surface area contributed by atoms with Crippen LogP contribution in [0.3, 0.4) is 0 Å². The van der Waals surface area contributed by atoms with E-state index in [2.05, 4.69) is 0 Å². The Kier molecular flexibility index (Phi) is 2.92. The van der Waals surface area contributed by atoms with Gasteiger partial charge in [0, 0.05) is 0 Å². The molecule has 1 aliphatic heterocycles. The average molecular weight is 251 g/mol. The molecule has 0 saturated heterocycles.